The fourth-order valence-corrected chi connectivity index (χ4v) is 3.64. The predicted molar refractivity (Wildman–Crippen MR) is 87.2 cm³/mol. The molecule has 19 heavy (non-hydrogen) atoms. The standard InChI is InChI=1S/C16H26N2S/c1-2-3-4-5-6-7-10-18-11-12-19-16-9-8-14(17)13-15(16)18/h8-9,13H,2-7,10-12,17H2,1H3. The highest BCUT2D eigenvalue weighted by atomic mass is 32.2. The second kappa shape index (κ2) is 7.68. The van der Waals surface area contributed by atoms with E-state index in [1.165, 1.54) is 61.4 Å². The molecule has 106 valence electrons. The summed E-state index contributed by atoms with van der Waals surface area (Å²) in [4.78, 5) is 3.91. The van der Waals surface area contributed by atoms with Crippen molar-refractivity contribution in [3.8, 4) is 0 Å². The highest BCUT2D eigenvalue weighted by Gasteiger charge is 2.16. The Labute approximate surface area is 121 Å². The first-order valence-corrected chi connectivity index (χ1v) is 8.57. The molecule has 1 aromatic carbocycles. The Morgan fingerprint density at radius 2 is 1.95 bits per heavy atom. The molecular formula is C16H26N2S. The molecule has 1 aliphatic rings. The number of anilines is 2. The van der Waals surface area contributed by atoms with E-state index in [-0.39, 0.29) is 0 Å². The molecule has 0 unspecified atom stereocenters. The largest absolute Gasteiger partial charge is 0.399 e. The molecule has 0 aromatic heterocycles. The van der Waals surface area contributed by atoms with Crippen LogP contribution < -0.4 is 10.6 Å². The molecule has 0 aliphatic carbocycles. The van der Waals surface area contributed by atoms with Gasteiger partial charge in [-0.3, -0.25) is 0 Å². The zero-order valence-corrected chi connectivity index (χ0v) is 12.8. The number of rotatable bonds is 7. The topological polar surface area (TPSA) is 29.3 Å². The lowest BCUT2D eigenvalue weighted by molar-refractivity contribution is 0.600. The summed E-state index contributed by atoms with van der Waals surface area (Å²) in [7, 11) is 0. The monoisotopic (exact) mass is 278 g/mol. The fraction of sp³-hybridized carbons (Fsp3) is 0.625. The summed E-state index contributed by atoms with van der Waals surface area (Å²) in [5.74, 6) is 1.20. The molecule has 1 aromatic rings. The van der Waals surface area contributed by atoms with Crippen molar-refractivity contribution in [1.29, 1.82) is 0 Å². The Morgan fingerprint density at radius 3 is 2.79 bits per heavy atom. The van der Waals surface area contributed by atoms with Crippen LogP contribution in [0.5, 0.6) is 0 Å². The normalized spacial score (nSPS) is 14.5. The third-order valence-corrected chi connectivity index (χ3v) is 4.77. The molecule has 0 atom stereocenters. The number of fused-ring (bicyclic) bond motifs is 1. The van der Waals surface area contributed by atoms with Crippen molar-refractivity contribution in [1.82, 2.24) is 0 Å². The van der Waals surface area contributed by atoms with Gasteiger partial charge < -0.3 is 10.6 Å². The summed E-state index contributed by atoms with van der Waals surface area (Å²) in [5, 5.41) is 0. The van der Waals surface area contributed by atoms with E-state index in [9.17, 15) is 0 Å². The van der Waals surface area contributed by atoms with E-state index < -0.39 is 0 Å². The van der Waals surface area contributed by atoms with Gasteiger partial charge in [0.2, 0.25) is 0 Å². The highest BCUT2D eigenvalue weighted by molar-refractivity contribution is 7.99. The van der Waals surface area contributed by atoms with Gasteiger partial charge in [-0.25, -0.2) is 0 Å². The van der Waals surface area contributed by atoms with Crippen LogP contribution in [-0.2, 0) is 0 Å². The quantitative estimate of drug-likeness (QED) is 0.586. The van der Waals surface area contributed by atoms with Gasteiger partial charge in [-0.2, -0.15) is 0 Å². The maximum atomic E-state index is 5.92. The van der Waals surface area contributed by atoms with E-state index in [0.717, 1.165) is 12.2 Å². The van der Waals surface area contributed by atoms with E-state index >= 15 is 0 Å². The minimum Gasteiger partial charge on any atom is -0.399 e. The minimum atomic E-state index is 0.884. The Morgan fingerprint density at radius 1 is 1.16 bits per heavy atom. The number of nitrogens with zero attached hydrogens (tertiary/aromatic N) is 1. The van der Waals surface area contributed by atoms with Gasteiger partial charge in [0.1, 0.15) is 0 Å². The molecular weight excluding hydrogens is 252 g/mol. The van der Waals surface area contributed by atoms with Crippen LogP contribution in [0.1, 0.15) is 45.4 Å². The first kappa shape index (κ1) is 14.6. The summed E-state index contributed by atoms with van der Waals surface area (Å²) in [6, 6.07) is 6.32. The number of thioether (sulfide) groups is 1. The maximum Gasteiger partial charge on any atom is 0.0525 e. The van der Waals surface area contributed by atoms with Crippen LogP contribution in [-0.4, -0.2) is 18.8 Å². The second-order valence-corrected chi connectivity index (χ2v) is 6.47. The van der Waals surface area contributed by atoms with Gasteiger partial charge in [-0.15, -0.1) is 11.8 Å². The van der Waals surface area contributed by atoms with Crippen LogP contribution in [0.25, 0.3) is 0 Å². The van der Waals surface area contributed by atoms with Gasteiger partial charge >= 0.3 is 0 Å². The van der Waals surface area contributed by atoms with Crippen LogP contribution in [0.15, 0.2) is 23.1 Å². The minimum absolute atomic E-state index is 0.884. The second-order valence-electron chi connectivity index (χ2n) is 5.33. The average molecular weight is 278 g/mol. The molecule has 3 heteroatoms. The summed E-state index contributed by atoms with van der Waals surface area (Å²) >= 11 is 1.95. The van der Waals surface area contributed by atoms with Gasteiger partial charge in [-0.1, -0.05) is 39.0 Å². The first-order chi connectivity index (χ1) is 9.31. The van der Waals surface area contributed by atoms with Crippen molar-refractivity contribution in [3.63, 3.8) is 0 Å². The van der Waals surface area contributed by atoms with Crippen molar-refractivity contribution >= 4 is 23.1 Å². The van der Waals surface area contributed by atoms with Crippen LogP contribution >= 0.6 is 11.8 Å². The molecule has 2 N–H and O–H groups in total. The van der Waals surface area contributed by atoms with E-state index in [2.05, 4.69) is 24.0 Å². The van der Waals surface area contributed by atoms with Crippen molar-refractivity contribution in [2.45, 2.75) is 50.3 Å². The summed E-state index contributed by atoms with van der Waals surface area (Å²) in [6.45, 7) is 4.62. The van der Waals surface area contributed by atoms with E-state index in [1.807, 2.05) is 17.8 Å². The smallest absolute Gasteiger partial charge is 0.0525 e. The van der Waals surface area contributed by atoms with Gasteiger partial charge in [0.05, 0.1) is 5.69 Å². The Hall–Kier alpha value is -0.830. The summed E-state index contributed by atoms with van der Waals surface area (Å²) < 4.78 is 0. The molecule has 0 fully saturated rings. The number of hydrogen-bond acceptors (Lipinski definition) is 3. The highest BCUT2D eigenvalue weighted by Crippen LogP contribution is 2.36. The molecule has 0 saturated carbocycles. The number of unbranched alkanes of at least 4 members (excludes halogenated alkanes) is 5. The zero-order chi connectivity index (χ0) is 13.5. The molecule has 0 amide bonds. The lowest BCUT2D eigenvalue weighted by Gasteiger charge is -2.31. The number of nitrogen functional groups attached to an aromatic ring is 1. The molecule has 1 heterocycles. The van der Waals surface area contributed by atoms with E-state index in [4.69, 9.17) is 5.73 Å². The number of nitrogens with two attached hydrogens (primary N) is 1. The molecule has 2 rings (SSSR count). The lowest BCUT2D eigenvalue weighted by atomic mass is 10.1. The Kier molecular flexibility index (Phi) is 5.90. The van der Waals surface area contributed by atoms with Crippen LogP contribution in [0.3, 0.4) is 0 Å². The van der Waals surface area contributed by atoms with E-state index in [0.29, 0.717) is 0 Å². The first-order valence-electron chi connectivity index (χ1n) is 7.58. The molecule has 0 radical (unpaired) electrons. The molecule has 1 aliphatic heterocycles. The molecule has 0 spiro atoms. The maximum absolute atomic E-state index is 5.92. The van der Waals surface area contributed by atoms with Gasteiger partial charge in [-0.05, 0) is 24.6 Å². The van der Waals surface area contributed by atoms with Crippen LogP contribution in [0, 0.1) is 0 Å². The average Bonchev–Trinajstić information content (AvgIpc) is 2.43. The Bertz CT molecular complexity index is 392. The van der Waals surface area contributed by atoms with Crippen LogP contribution in [0.4, 0.5) is 11.4 Å². The molecule has 0 saturated heterocycles. The summed E-state index contributed by atoms with van der Waals surface area (Å²) in [5.41, 5.74) is 8.15. The third kappa shape index (κ3) is 4.34. The molecule has 0 bridgehead atoms. The SMILES string of the molecule is CCCCCCCCN1CCSc2ccc(N)cc21. The van der Waals surface area contributed by atoms with Crippen molar-refractivity contribution in [3.05, 3.63) is 18.2 Å². The van der Waals surface area contributed by atoms with Gasteiger partial charge in [0.25, 0.3) is 0 Å². The predicted octanol–water partition coefficient (Wildman–Crippen LogP) is 4.54. The van der Waals surface area contributed by atoms with E-state index in [1.54, 1.807) is 0 Å². The third-order valence-electron chi connectivity index (χ3n) is 3.72. The number of benzene rings is 1. The van der Waals surface area contributed by atoms with Crippen molar-refractivity contribution < 1.29 is 0 Å². The fourth-order valence-electron chi connectivity index (χ4n) is 2.61. The Balaban J connectivity index is 1.80. The lowest BCUT2D eigenvalue weighted by Crippen LogP contribution is -2.30. The number of hydrogen-bond donors (Lipinski definition) is 1. The van der Waals surface area contributed by atoms with Gasteiger partial charge in [0.15, 0.2) is 0 Å². The van der Waals surface area contributed by atoms with Crippen LogP contribution in [0.2, 0.25) is 0 Å². The zero-order valence-electron chi connectivity index (χ0n) is 12.0. The summed E-state index contributed by atoms with van der Waals surface area (Å²) in [6.07, 6.45) is 8.18. The molecule has 2 nitrogen and oxygen atoms in total. The van der Waals surface area contributed by atoms with Crippen molar-refractivity contribution in [2.75, 3.05) is 29.5 Å². The van der Waals surface area contributed by atoms with Gasteiger partial charge in [0, 0.05) is 29.4 Å². The van der Waals surface area contributed by atoms with Crippen molar-refractivity contribution in [2.24, 2.45) is 0 Å².